The third-order valence-corrected chi connectivity index (χ3v) is 4.93. The summed E-state index contributed by atoms with van der Waals surface area (Å²) in [6, 6.07) is 11.6. The third kappa shape index (κ3) is 4.91. The SMILES string of the molecule is CNS(=O)(=O)c1ccc(NC(=O)/C=C/c2cc(C)ccc2OC)cc1. The largest absolute Gasteiger partial charge is 0.496 e. The van der Waals surface area contributed by atoms with E-state index in [-0.39, 0.29) is 10.8 Å². The zero-order valence-electron chi connectivity index (χ0n) is 14.2. The maximum absolute atomic E-state index is 12.0. The van der Waals surface area contributed by atoms with Crippen molar-refractivity contribution >= 4 is 27.7 Å². The molecule has 0 bridgehead atoms. The highest BCUT2D eigenvalue weighted by atomic mass is 32.2. The van der Waals surface area contributed by atoms with Gasteiger partial charge in [-0.1, -0.05) is 11.6 Å². The predicted octanol–water partition coefficient (Wildman–Crippen LogP) is 2.56. The number of hydrogen-bond acceptors (Lipinski definition) is 4. The van der Waals surface area contributed by atoms with Crippen molar-refractivity contribution in [2.24, 2.45) is 0 Å². The summed E-state index contributed by atoms with van der Waals surface area (Å²) in [7, 11) is -0.577. The molecule has 0 spiro atoms. The van der Waals surface area contributed by atoms with Crippen molar-refractivity contribution in [3.8, 4) is 5.75 Å². The summed E-state index contributed by atoms with van der Waals surface area (Å²) in [6.07, 6.45) is 3.07. The van der Waals surface area contributed by atoms with E-state index in [9.17, 15) is 13.2 Å². The van der Waals surface area contributed by atoms with Crippen LogP contribution in [0.1, 0.15) is 11.1 Å². The molecular formula is C18H20N2O4S. The van der Waals surface area contributed by atoms with E-state index in [1.807, 2.05) is 25.1 Å². The van der Waals surface area contributed by atoms with Gasteiger partial charge in [-0.3, -0.25) is 4.79 Å². The van der Waals surface area contributed by atoms with Gasteiger partial charge in [-0.2, -0.15) is 0 Å². The topological polar surface area (TPSA) is 84.5 Å². The van der Waals surface area contributed by atoms with Gasteiger partial charge < -0.3 is 10.1 Å². The summed E-state index contributed by atoms with van der Waals surface area (Å²) in [4.78, 5) is 12.2. The van der Waals surface area contributed by atoms with Gasteiger partial charge in [-0.15, -0.1) is 0 Å². The first-order chi connectivity index (χ1) is 11.9. The first kappa shape index (κ1) is 18.7. The van der Waals surface area contributed by atoms with Crippen molar-refractivity contribution in [2.75, 3.05) is 19.5 Å². The minimum Gasteiger partial charge on any atom is -0.496 e. The lowest BCUT2D eigenvalue weighted by Gasteiger charge is -2.06. The molecule has 6 nitrogen and oxygen atoms in total. The van der Waals surface area contributed by atoms with Crippen molar-refractivity contribution in [2.45, 2.75) is 11.8 Å². The number of anilines is 1. The van der Waals surface area contributed by atoms with Crippen LogP contribution in [-0.2, 0) is 14.8 Å². The quantitative estimate of drug-likeness (QED) is 0.776. The Balaban J connectivity index is 2.09. The van der Waals surface area contributed by atoms with Crippen molar-refractivity contribution in [3.63, 3.8) is 0 Å². The van der Waals surface area contributed by atoms with Crippen molar-refractivity contribution < 1.29 is 17.9 Å². The summed E-state index contributed by atoms with van der Waals surface area (Å²) in [6.45, 7) is 1.96. The summed E-state index contributed by atoms with van der Waals surface area (Å²) >= 11 is 0. The van der Waals surface area contributed by atoms with Crippen LogP contribution < -0.4 is 14.8 Å². The van der Waals surface area contributed by atoms with Crippen LogP contribution in [0.25, 0.3) is 6.08 Å². The van der Waals surface area contributed by atoms with Crippen LogP contribution in [0.2, 0.25) is 0 Å². The monoisotopic (exact) mass is 360 g/mol. The molecule has 0 unspecified atom stereocenters. The van der Waals surface area contributed by atoms with Crippen LogP contribution in [0, 0.1) is 6.92 Å². The average Bonchev–Trinajstić information content (AvgIpc) is 2.60. The molecule has 0 radical (unpaired) electrons. The molecule has 25 heavy (non-hydrogen) atoms. The molecular weight excluding hydrogens is 340 g/mol. The minimum atomic E-state index is -3.49. The Bertz CT molecular complexity index is 888. The van der Waals surface area contributed by atoms with Crippen LogP contribution in [-0.4, -0.2) is 28.5 Å². The van der Waals surface area contributed by atoms with E-state index in [1.165, 1.54) is 37.4 Å². The molecule has 0 aliphatic rings. The van der Waals surface area contributed by atoms with E-state index >= 15 is 0 Å². The third-order valence-electron chi connectivity index (χ3n) is 3.50. The first-order valence-electron chi connectivity index (χ1n) is 7.53. The molecule has 7 heteroatoms. The van der Waals surface area contributed by atoms with Crippen molar-refractivity contribution in [1.29, 1.82) is 0 Å². The Morgan fingerprint density at radius 3 is 2.40 bits per heavy atom. The smallest absolute Gasteiger partial charge is 0.248 e. The van der Waals surface area contributed by atoms with E-state index in [2.05, 4.69) is 10.0 Å². The second-order valence-electron chi connectivity index (χ2n) is 5.30. The van der Waals surface area contributed by atoms with Crippen molar-refractivity contribution in [1.82, 2.24) is 4.72 Å². The summed E-state index contributed by atoms with van der Waals surface area (Å²) in [5.74, 6) is 0.351. The van der Waals surface area contributed by atoms with Crippen LogP contribution in [0.15, 0.2) is 53.4 Å². The number of methoxy groups -OCH3 is 1. The molecule has 0 aliphatic heterocycles. The van der Waals surface area contributed by atoms with Gasteiger partial charge >= 0.3 is 0 Å². The molecule has 2 aromatic carbocycles. The number of rotatable bonds is 6. The zero-order valence-corrected chi connectivity index (χ0v) is 15.1. The standard InChI is InChI=1S/C18H20N2O4S/c1-13-4-10-17(24-3)14(12-13)5-11-18(21)20-15-6-8-16(9-7-15)25(22,23)19-2/h4-12,19H,1-3H3,(H,20,21)/b11-5+. The van der Waals surface area contributed by atoms with Gasteiger partial charge in [0.15, 0.2) is 0 Å². The first-order valence-corrected chi connectivity index (χ1v) is 9.01. The molecule has 0 fully saturated rings. The van der Waals surface area contributed by atoms with E-state index in [0.717, 1.165) is 11.1 Å². The normalized spacial score (nSPS) is 11.5. The second-order valence-corrected chi connectivity index (χ2v) is 7.19. The number of aryl methyl sites for hydroxylation is 1. The fourth-order valence-corrected chi connectivity index (χ4v) is 2.90. The van der Waals surface area contributed by atoms with Gasteiger partial charge in [0.1, 0.15) is 5.75 Å². The summed E-state index contributed by atoms with van der Waals surface area (Å²) < 4.78 is 30.8. The Hall–Kier alpha value is -2.64. The van der Waals surface area contributed by atoms with Crippen LogP contribution in [0.3, 0.4) is 0 Å². The number of amides is 1. The Labute approximate surface area is 147 Å². The van der Waals surface area contributed by atoms with Crippen LogP contribution >= 0.6 is 0 Å². The fourth-order valence-electron chi connectivity index (χ4n) is 2.17. The lowest BCUT2D eigenvalue weighted by Crippen LogP contribution is -2.18. The van der Waals surface area contributed by atoms with E-state index in [0.29, 0.717) is 11.4 Å². The van der Waals surface area contributed by atoms with Gasteiger partial charge in [0, 0.05) is 17.3 Å². The van der Waals surface area contributed by atoms with E-state index < -0.39 is 10.0 Å². The Morgan fingerprint density at radius 2 is 1.80 bits per heavy atom. The number of carbonyl (C=O) groups excluding carboxylic acids is 1. The number of sulfonamides is 1. The van der Waals surface area contributed by atoms with Gasteiger partial charge in [0.25, 0.3) is 0 Å². The number of hydrogen-bond donors (Lipinski definition) is 2. The molecule has 2 aromatic rings. The predicted molar refractivity (Wildman–Crippen MR) is 98.1 cm³/mol. The average molecular weight is 360 g/mol. The molecule has 0 atom stereocenters. The second kappa shape index (κ2) is 7.96. The minimum absolute atomic E-state index is 0.132. The number of nitrogens with one attached hydrogen (secondary N) is 2. The molecule has 0 aliphatic carbocycles. The fraction of sp³-hybridized carbons (Fsp3) is 0.167. The van der Waals surface area contributed by atoms with Gasteiger partial charge in [-0.05, 0) is 56.4 Å². The molecule has 0 saturated carbocycles. The highest BCUT2D eigenvalue weighted by Gasteiger charge is 2.10. The molecule has 0 heterocycles. The maximum Gasteiger partial charge on any atom is 0.248 e. The van der Waals surface area contributed by atoms with Crippen LogP contribution in [0.5, 0.6) is 5.75 Å². The lowest BCUT2D eigenvalue weighted by atomic mass is 10.1. The molecule has 132 valence electrons. The molecule has 1 amide bonds. The number of ether oxygens (including phenoxy) is 1. The zero-order chi connectivity index (χ0) is 18.4. The summed E-state index contributed by atoms with van der Waals surface area (Å²) in [5, 5.41) is 2.68. The molecule has 2 rings (SSSR count). The summed E-state index contributed by atoms with van der Waals surface area (Å²) in [5.41, 5.74) is 2.36. The maximum atomic E-state index is 12.0. The van der Waals surface area contributed by atoms with Crippen LogP contribution in [0.4, 0.5) is 5.69 Å². The number of benzene rings is 2. The van der Waals surface area contributed by atoms with Crippen molar-refractivity contribution in [3.05, 3.63) is 59.7 Å². The highest BCUT2D eigenvalue weighted by Crippen LogP contribution is 2.21. The number of carbonyl (C=O) groups is 1. The Kier molecular flexibility index (Phi) is 5.95. The van der Waals surface area contributed by atoms with Gasteiger partial charge in [0.2, 0.25) is 15.9 Å². The molecule has 0 saturated heterocycles. The van der Waals surface area contributed by atoms with E-state index in [1.54, 1.807) is 13.2 Å². The highest BCUT2D eigenvalue weighted by molar-refractivity contribution is 7.89. The van der Waals surface area contributed by atoms with Gasteiger partial charge in [-0.25, -0.2) is 13.1 Å². The molecule has 2 N–H and O–H groups in total. The van der Waals surface area contributed by atoms with Gasteiger partial charge in [0.05, 0.1) is 12.0 Å². The van der Waals surface area contributed by atoms with E-state index in [4.69, 9.17) is 4.74 Å². The lowest BCUT2D eigenvalue weighted by molar-refractivity contribution is -0.111. The Morgan fingerprint density at radius 1 is 1.12 bits per heavy atom. The molecule has 0 aromatic heterocycles.